The maximum Gasteiger partial charge on any atom is 0.128 e. The lowest BCUT2D eigenvalue weighted by molar-refractivity contribution is 0.281. The summed E-state index contributed by atoms with van der Waals surface area (Å²) in [6, 6.07) is 7.39. The maximum atomic E-state index is 9.28. The molecular weight excluding hydrogens is 216 g/mol. The highest BCUT2D eigenvalue weighted by atomic mass is 16.5. The summed E-state index contributed by atoms with van der Waals surface area (Å²) in [6.45, 7) is 1.95. The van der Waals surface area contributed by atoms with Crippen molar-refractivity contribution >= 4 is 0 Å². The van der Waals surface area contributed by atoms with Crippen LogP contribution < -0.4 is 4.74 Å². The topological polar surface area (TPSA) is 55.2 Å². The van der Waals surface area contributed by atoms with E-state index in [1.165, 1.54) is 0 Å². The molecule has 0 saturated heterocycles. The van der Waals surface area contributed by atoms with Crippen molar-refractivity contribution in [3.8, 4) is 17.0 Å². The Kier molecular flexibility index (Phi) is 3.35. The predicted octanol–water partition coefficient (Wildman–Crippen LogP) is 1.95. The molecular formula is C13H14N2O2. The van der Waals surface area contributed by atoms with Crippen molar-refractivity contribution in [1.82, 2.24) is 10.2 Å². The summed E-state index contributed by atoms with van der Waals surface area (Å²) in [7, 11) is 1.62. The summed E-state index contributed by atoms with van der Waals surface area (Å²) >= 11 is 0. The number of aromatic nitrogens is 2. The number of ether oxygens (including phenoxy) is 1. The summed E-state index contributed by atoms with van der Waals surface area (Å²) in [5.74, 6) is 0.736. The zero-order chi connectivity index (χ0) is 12.3. The van der Waals surface area contributed by atoms with Crippen LogP contribution in [0.2, 0.25) is 0 Å². The number of methoxy groups -OCH3 is 1. The monoisotopic (exact) mass is 230 g/mol. The first kappa shape index (κ1) is 11.5. The molecule has 1 aromatic carbocycles. The molecule has 17 heavy (non-hydrogen) atoms. The Labute approximate surface area is 99.9 Å². The SMILES string of the molecule is COc1ccc(CO)c(C)c1-c1cccnn1. The number of benzene rings is 1. The fraction of sp³-hybridized carbons (Fsp3) is 0.231. The van der Waals surface area contributed by atoms with E-state index in [0.29, 0.717) is 0 Å². The van der Waals surface area contributed by atoms with Crippen LogP contribution in [0, 0.1) is 6.92 Å². The van der Waals surface area contributed by atoms with Crippen molar-refractivity contribution in [2.75, 3.05) is 7.11 Å². The van der Waals surface area contributed by atoms with E-state index >= 15 is 0 Å². The number of rotatable bonds is 3. The van der Waals surface area contributed by atoms with Crippen LogP contribution in [-0.4, -0.2) is 22.4 Å². The van der Waals surface area contributed by atoms with E-state index in [1.54, 1.807) is 13.3 Å². The van der Waals surface area contributed by atoms with Gasteiger partial charge in [0.2, 0.25) is 0 Å². The van der Waals surface area contributed by atoms with E-state index in [2.05, 4.69) is 10.2 Å². The summed E-state index contributed by atoms with van der Waals surface area (Å²) in [5, 5.41) is 17.2. The first-order valence-corrected chi connectivity index (χ1v) is 5.33. The minimum atomic E-state index is 0.00307. The number of hydrogen-bond acceptors (Lipinski definition) is 4. The minimum absolute atomic E-state index is 0.00307. The highest BCUT2D eigenvalue weighted by molar-refractivity contribution is 5.72. The average Bonchev–Trinajstić information content (AvgIpc) is 2.39. The lowest BCUT2D eigenvalue weighted by atomic mass is 9.99. The van der Waals surface area contributed by atoms with Crippen molar-refractivity contribution < 1.29 is 9.84 Å². The van der Waals surface area contributed by atoms with Gasteiger partial charge in [0.1, 0.15) is 5.75 Å². The van der Waals surface area contributed by atoms with Gasteiger partial charge in [0.25, 0.3) is 0 Å². The summed E-state index contributed by atoms with van der Waals surface area (Å²) in [5.41, 5.74) is 3.46. The Bertz CT molecular complexity index is 512. The maximum absolute atomic E-state index is 9.28. The van der Waals surface area contributed by atoms with Gasteiger partial charge in [0.05, 0.1) is 19.4 Å². The van der Waals surface area contributed by atoms with Crippen LogP contribution in [-0.2, 0) is 6.61 Å². The molecule has 1 N–H and O–H groups in total. The summed E-state index contributed by atoms with van der Waals surface area (Å²) in [4.78, 5) is 0. The molecule has 0 unspecified atom stereocenters. The van der Waals surface area contributed by atoms with Crippen LogP contribution in [0.3, 0.4) is 0 Å². The molecule has 0 radical (unpaired) electrons. The predicted molar refractivity (Wildman–Crippen MR) is 64.7 cm³/mol. The largest absolute Gasteiger partial charge is 0.496 e. The van der Waals surface area contributed by atoms with E-state index in [4.69, 9.17) is 4.74 Å². The Morgan fingerprint density at radius 3 is 2.71 bits per heavy atom. The quantitative estimate of drug-likeness (QED) is 0.875. The van der Waals surface area contributed by atoms with E-state index in [1.807, 2.05) is 31.2 Å². The number of aliphatic hydroxyl groups is 1. The van der Waals surface area contributed by atoms with Gasteiger partial charge in [-0.25, -0.2) is 0 Å². The Balaban J connectivity index is 2.66. The average molecular weight is 230 g/mol. The summed E-state index contributed by atoms with van der Waals surface area (Å²) < 4.78 is 5.33. The van der Waals surface area contributed by atoms with Crippen LogP contribution in [0.15, 0.2) is 30.5 Å². The molecule has 1 aromatic heterocycles. The molecule has 0 atom stereocenters. The fourth-order valence-electron chi connectivity index (χ4n) is 1.82. The van der Waals surface area contributed by atoms with Gasteiger partial charge in [-0.15, -0.1) is 0 Å². The molecule has 0 amide bonds. The van der Waals surface area contributed by atoms with Crippen molar-refractivity contribution in [1.29, 1.82) is 0 Å². The lowest BCUT2D eigenvalue weighted by Crippen LogP contribution is -1.98. The first-order valence-electron chi connectivity index (χ1n) is 5.33. The van der Waals surface area contributed by atoms with Gasteiger partial charge in [-0.05, 0) is 36.2 Å². The molecule has 1 heterocycles. The standard InChI is InChI=1S/C13H14N2O2/c1-9-10(8-16)5-6-12(17-2)13(9)11-4-3-7-14-15-11/h3-7,16H,8H2,1-2H3. The lowest BCUT2D eigenvalue weighted by Gasteiger charge is -2.13. The van der Waals surface area contributed by atoms with Crippen molar-refractivity contribution in [2.45, 2.75) is 13.5 Å². The molecule has 0 aliphatic carbocycles. The Morgan fingerprint density at radius 2 is 2.12 bits per heavy atom. The van der Waals surface area contributed by atoms with E-state index in [9.17, 15) is 5.11 Å². The highest BCUT2D eigenvalue weighted by Gasteiger charge is 2.13. The zero-order valence-corrected chi connectivity index (χ0v) is 9.84. The zero-order valence-electron chi connectivity index (χ0n) is 9.84. The number of hydrogen-bond donors (Lipinski definition) is 1. The van der Waals surface area contributed by atoms with Crippen LogP contribution in [0.4, 0.5) is 0 Å². The van der Waals surface area contributed by atoms with Crippen molar-refractivity contribution in [3.63, 3.8) is 0 Å². The van der Waals surface area contributed by atoms with Crippen molar-refractivity contribution in [2.24, 2.45) is 0 Å². The van der Waals surface area contributed by atoms with E-state index in [0.717, 1.165) is 28.1 Å². The molecule has 88 valence electrons. The van der Waals surface area contributed by atoms with Gasteiger partial charge >= 0.3 is 0 Å². The molecule has 0 fully saturated rings. The van der Waals surface area contributed by atoms with Gasteiger partial charge in [-0.1, -0.05) is 6.07 Å². The molecule has 0 bridgehead atoms. The summed E-state index contributed by atoms with van der Waals surface area (Å²) in [6.07, 6.45) is 1.63. The second-order valence-electron chi connectivity index (χ2n) is 3.69. The van der Waals surface area contributed by atoms with Crippen LogP contribution in [0.1, 0.15) is 11.1 Å². The third kappa shape index (κ3) is 2.12. The molecule has 2 aromatic rings. The second-order valence-corrected chi connectivity index (χ2v) is 3.69. The molecule has 4 nitrogen and oxygen atoms in total. The number of nitrogens with zero attached hydrogens (tertiary/aromatic N) is 2. The third-order valence-electron chi connectivity index (χ3n) is 2.76. The molecule has 0 aliphatic heterocycles. The fourth-order valence-corrected chi connectivity index (χ4v) is 1.82. The third-order valence-corrected chi connectivity index (χ3v) is 2.76. The van der Waals surface area contributed by atoms with Gasteiger partial charge in [0.15, 0.2) is 0 Å². The molecule has 0 aliphatic rings. The number of aliphatic hydroxyl groups excluding tert-OH is 1. The normalized spacial score (nSPS) is 10.3. The van der Waals surface area contributed by atoms with E-state index in [-0.39, 0.29) is 6.61 Å². The van der Waals surface area contributed by atoms with E-state index < -0.39 is 0 Å². The van der Waals surface area contributed by atoms with Crippen molar-refractivity contribution in [3.05, 3.63) is 41.6 Å². The van der Waals surface area contributed by atoms with Gasteiger partial charge in [0, 0.05) is 11.8 Å². The first-order chi connectivity index (χ1) is 8.27. The highest BCUT2D eigenvalue weighted by Crippen LogP contribution is 2.33. The van der Waals surface area contributed by atoms with Gasteiger partial charge in [-0.2, -0.15) is 10.2 Å². The van der Waals surface area contributed by atoms with Gasteiger partial charge < -0.3 is 9.84 Å². The molecule has 0 spiro atoms. The second kappa shape index (κ2) is 4.93. The van der Waals surface area contributed by atoms with Crippen LogP contribution in [0.5, 0.6) is 5.75 Å². The minimum Gasteiger partial charge on any atom is -0.496 e. The Morgan fingerprint density at radius 1 is 1.29 bits per heavy atom. The van der Waals surface area contributed by atoms with Gasteiger partial charge in [-0.3, -0.25) is 0 Å². The molecule has 2 rings (SSSR count). The van der Waals surface area contributed by atoms with Crippen LogP contribution in [0.25, 0.3) is 11.3 Å². The smallest absolute Gasteiger partial charge is 0.128 e. The molecule has 4 heteroatoms. The van der Waals surface area contributed by atoms with Crippen LogP contribution >= 0.6 is 0 Å². The Hall–Kier alpha value is -1.94. The molecule has 0 saturated carbocycles.